The summed E-state index contributed by atoms with van der Waals surface area (Å²) < 4.78 is 10.3. The molecule has 1 aromatic carbocycles. The number of benzene rings is 1. The molecule has 130 valence electrons. The number of esters is 1. The number of ether oxygens (including phenoxy) is 2. The van der Waals surface area contributed by atoms with Gasteiger partial charge in [-0.05, 0) is 49.5 Å². The lowest BCUT2D eigenvalue weighted by Crippen LogP contribution is -2.31. The highest BCUT2D eigenvalue weighted by molar-refractivity contribution is 5.85. The van der Waals surface area contributed by atoms with E-state index >= 15 is 0 Å². The molecule has 0 heterocycles. The van der Waals surface area contributed by atoms with Crippen molar-refractivity contribution in [3.63, 3.8) is 0 Å². The summed E-state index contributed by atoms with van der Waals surface area (Å²) in [6, 6.07) is 6.65. The van der Waals surface area contributed by atoms with Crippen molar-refractivity contribution < 1.29 is 29.3 Å². The van der Waals surface area contributed by atoms with Crippen LogP contribution in [-0.4, -0.2) is 35.6 Å². The van der Waals surface area contributed by atoms with E-state index < -0.39 is 12.3 Å². The number of hydrogen-bond acceptors (Lipinski definition) is 5. The largest absolute Gasteiger partial charge is 0.478 e. The molecular weight excluding hydrogens is 312 g/mol. The average molecular weight is 334 g/mol. The van der Waals surface area contributed by atoms with E-state index in [1.165, 1.54) is 13.2 Å². The molecule has 0 bridgehead atoms. The molecule has 1 aliphatic carbocycles. The van der Waals surface area contributed by atoms with E-state index in [0.717, 1.165) is 18.9 Å². The maximum Gasteiger partial charge on any atom is 0.328 e. The number of carbonyl (C=O) groups is 2. The highest BCUT2D eigenvalue weighted by atomic mass is 16.6. The van der Waals surface area contributed by atoms with E-state index in [1.807, 2.05) is 0 Å². The first-order valence-electron chi connectivity index (χ1n) is 7.93. The van der Waals surface area contributed by atoms with Gasteiger partial charge < -0.3 is 19.7 Å². The minimum absolute atomic E-state index is 0.0688. The van der Waals surface area contributed by atoms with Crippen LogP contribution in [-0.2, 0) is 14.3 Å². The zero-order valence-corrected chi connectivity index (χ0v) is 13.6. The summed E-state index contributed by atoms with van der Waals surface area (Å²) in [5, 5.41) is 18.2. The van der Waals surface area contributed by atoms with Gasteiger partial charge in [-0.1, -0.05) is 12.1 Å². The Morgan fingerprint density at radius 1 is 1.17 bits per heavy atom. The lowest BCUT2D eigenvalue weighted by molar-refractivity contribution is -0.145. The minimum atomic E-state index is -1.01. The Balaban J connectivity index is 1.85. The zero-order valence-electron chi connectivity index (χ0n) is 13.6. The third kappa shape index (κ3) is 5.18. The first kappa shape index (κ1) is 18.2. The highest BCUT2D eigenvalue weighted by Crippen LogP contribution is 2.32. The van der Waals surface area contributed by atoms with Crippen molar-refractivity contribution in [3.05, 3.63) is 35.9 Å². The summed E-state index contributed by atoms with van der Waals surface area (Å²) in [4.78, 5) is 22.7. The Bertz CT molecular complexity index is 584. The Morgan fingerprint density at radius 3 is 2.33 bits per heavy atom. The molecule has 1 aromatic rings. The second-order valence-electron chi connectivity index (χ2n) is 5.90. The van der Waals surface area contributed by atoms with Crippen molar-refractivity contribution in [1.82, 2.24) is 0 Å². The molecule has 0 aliphatic heterocycles. The Morgan fingerprint density at radius 2 is 1.79 bits per heavy atom. The van der Waals surface area contributed by atoms with Crippen LogP contribution in [0.25, 0.3) is 6.08 Å². The Kier molecular flexibility index (Phi) is 6.52. The third-order valence-electron chi connectivity index (χ3n) is 4.27. The van der Waals surface area contributed by atoms with E-state index in [0.29, 0.717) is 24.2 Å². The number of carbonyl (C=O) groups excluding carboxylic acids is 1. The Labute approximate surface area is 140 Å². The smallest absolute Gasteiger partial charge is 0.328 e. The van der Waals surface area contributed by atoms with E-state index in [4.69, 9.17) is 14.6 Å². The van der Waals surface area contributed by atoms with E-state index in [-0.39, 0.29) is 17.8 Å². The van der Waals surface area contributed by atoms with Crippen molar-refractivity contribution in [2.75, 3.05) is 7.11 Å². The van der Waals surface area contributed by atoms with Crippen LogP contribution in [0.2, 0.25) is 0 Å². The Hall–Kier alpha value is -2.18. The maximum absolute atomic E-state index is 12.2. The molecule has 6 nitrogen and oxygen atoms in total. The van der Waals surface area contributed by atoms with E-state index in [9.17, 15) is 14.7 Å². The van der Waals surface area contributed by atoms with Gasteiger partial charge in [0.15, 0.2) is 6.29 Å². The molecule has 24 heavy (non-hydrogen) atoms. The van der Waals surface area contributed by atoms with Crippen molar-refractivity contribution in [2.45, 2.75) is 32.0 Å². The number of rotatable bonds is 6. The van der Waals surface area contributed by atoms with Gasteiger partial charge in [0, 0.05) is 19.1 Å². The molecule has 1 atom stereocenters. The van der Waals surface area contributed by atoms with Crippen molar-refractivity contribution >= 4 is 18.0 Å². The fourth-order valence-electron chi connectivity index (χ4n) is 2.85. The van der Waals surface area contributed by atoms with Gasteiger partial charge in [-0.3, -0.25) is 4.79 Å². The molecule has 1 unspecified atom stereocenters. The van der Waals surface area contributed by atoms with E-state index in [1.54, 1.807) is 24.3 Å². The van der Waals surface area contributed by atoms with Crippen LogP contribution in [0.15, 0.2) is 30.3 Å². The van der Waals surface area contributed by atoms with Gasteiger partial charge in [0.25, 0.3) is 0 Å². The summed E-state index contributed by atoms with van der Waals surface area (Å²) in [5.41, 5.74) is 0.714. The summed E-state index contributed by atoms with van der Waals surface area (Å²) in [6.07, 6.45) is 4.55. The second kappa shape index (κ2) is 8.61. The lowest BCUT2D eigenvalue weighted by Gasteiger charge is -2.29. The quantitative estimate of drug-likeness (QED) is 0.359. The monoisotopic (exact) mass is 334 g/mol. The minimum Gasteiger partial charge on any atom is -0.478 e. The predicted molar refractivity (Wildman–Crippen MR) is 87.2 cm³/mol. The molecule has 0 radical (unpaired) electrons. The average Bonchev–Trinajstić information content (AvgIpc) is 2.60. The number of aliphatic carboxylic acids is 1. The number of aliphatic hydroxyl groups is 1. The molecule has 0 saturated heterocycles. The standard InChI is InChI=1S/C18H22O6/c1-23-17(21)13-5-7-14(8-6-13)18(22)24-15-9-2-12(3-10-15)4-11-16(19)20/h2-4,9-11,13-14,17,21H,5-8H2,1H3,(H,19,20)/b11-4+. The molecule has 0 spiro atoms. The van der Waals surface area contributed by atoms with Crippen LogP contribution in [0.1, 0.15) is 31.2 Å². The van der Waals surface area contributed by atoms with Crippen molar-refractivity contribution in [2.24, 2.45) is 11.8 Å². The molecule has 1 aliphatic rings. The fraction of sp³-hybridized carbons (Fsp3) is 0.444. The third-order valence-corrected chi connectivity index (χ3v) is 4.27. The number of carboxylic acids is 1. The van der Waals surface area contributed by atoms with Crippen LogP contribution < -0.4 is 4.74 Å². The van der Waals surface area contributed by atoms with Crippen LogP contribution in [0.4, 0.5) is 0 Å². The number of hydrogen-bond donors (Lipinski definition) is 2. The molecular formula is C18H22O6. The van der Waals surface area contributed by atoms with Gasteiger partial charge in [0.2, 0.25) is 0 Å². The predicted octanol–water partition coefficient (Wildman–Crippen LogP) is 2.46. The molecule has 0 amide bonds. The highest BCUT2D eigenvalue weighted by Gasteiger charge is 2.31. The first-order valence-corrected chi connectivity index (χ1v) is 7.93. The van der Waals surface area contributed by atoms with Gasteiger partial charge in [0.05, 0.1) is 5.92 Å². The number of aliphatic hydroxyl groups excluding tert-OH is 1. The fourth-order valence-corrected chi connectivity index (χ4v) is 2.85. The van der Waals surface area contributed by atoms with Gasteiger partial charge in [-0.15, -0.1) is 0 Å². The normalized spacial score (nSPS) is 22.2. The number of methoxy groups -OCH3 is 1. The van der Waals surface area contributed by atoms with Gasteiger partial charge in [0.1, 0.15) is 5.75 Å². The first-order chi connectivity index (χ1) is 11.5. The summed E-state index contributed by atoms with van der Waals surface area (Å²) in [6.45, 7) is 0. The molecule has 1 fully saturated rings. The van der Waals surface area contributed by atoms with Gasteiger partial charge >= 0.3 is 11.9 Å². The SMILES string of the molecule is COC(O)C1CCC(C(=O)Oc2ccc(/C=C/C(=O)O)cc2)CC1. The van der Waals surface area contributed by atoms with Crippen molar-refractivity contribution in [3.8, 4) is 5.75 Å². The van der Waals surface area contributed by atoms with Crippen LogP contribution in [0, 0.1) is 11.8 Å². The van der Waals surface area contributed by atoms with Crippen LogP contribution in [0.5, 0.6) is 5.75 Å². The molecule has 2 rings (SSSR count). The molecule has 2 N–H and O–H groups in total. The van der Waals surface area contributed by atoms with Crippen LogP contribution >= 0.6 is 0 Å². The van der Waals surface area contributed by atoms with E-state index in [2.05, 4.69) is 0 Å². The summed E-state index contributed by atoms with van der Waals surface area (Å²) in [5.74, 6) is -0.948. The van der Waals surface area contributed by atoms with Gasteiger partial charge in [-0.25, -0.2) is 4.79 Å². The zero-order chi connectivity index (χ0) is 17.5. The summed E-state index contributed by atoms with van der Waals surface area (Å²) >= 11 is 0. The topological polar surface area (TPSA) is 93.1 Å². The van der Waals surface area contributed by atoms with Crippen molar-refractivity contribution in [1.29, 1.82) is 0 Å². The lowest BCUT2D eigenvalue weighted by atomic mass is 9.81. The second-order valence-corrected chi connectivity index (χ2v) is 5.90. The maximum atomic E-state index is 12.2. The number of carboxylic acid groups (broad SMARTS) is 1. The summed E-state index contributed by atoms with van der Waals surface area (Å²) in [7, 11) is 1.47. The molecule has 6 heteroatoms. The molecule has 0 aromatic heterocycles. The van der Waals surface area contributed by atoms with Crippen LogP contribution in [0.3, 0.4) is 0 Å². The van der Waals surface area contributed by atoms with Gasteiger partial charge in [-0.2, -0.15) is 0 Å². The molecule has 1 saturated carbocycles.